The summed E-state index contributed by atoms with van der Waals surface area (Å²) in [6.45, 7) is 0.946. The first kappa shape index (κ1) is 8.61. The van der Waals surface area contributed by atoms with E-state index in [2.05, 4.69) is 22.4 Å². The monoisotopic (exact) mass is 150 g/mol. The van der Waals surface area contributed by atoms with Gasteiger partial charge in [-0.05, 0) is 12.2 Å². The zero-order valence-electron chi connectivity index (χ0n) is 5.22. The second-order valence-corrected chi connectivity index (χ2v) is 1.64. The third-order valence-corrected chi connectivity index (χ3v) is 0.874. The van der Waals surface area contributed by atoms with Crippen molar-refractivity contribution in [3.63, 3.8) is 0 Å². The quantitative estimate of drug-likeness (QED) is 0.243. The second-order valence-electron chi connectivity index (χ2n) is 1.27. The van der Waals surface area contributed by atoms with Crippen molar-refractivity contribution in [1.82, 2.24) is 5.43 Å². The molecule has 0 aliphatic heterocycles. The zero-order valence-corrected chi connectivity index (χ0v) is 6.03. The molecule has 0 saturated carbocycles. The van der Waals surface area contributed by atoms with Gasteiger partial charge in [-0.2, -0.15) is 0 Å². The lowest BCUT2D eigenvalue weighted by atomic mass is 10.8. The van der Waals surface area contributed by atoms with Crippen LogP contribution in [-0.2, 0) is 9.47 Å². The third-order valence-electron chi connectivity index (χ3n) is 0.638. The zero-order chi connectivity index (χ0) is 7.11. The first-order chi connectivity index (χ1) is 4.31. The fraction of sp³-hybridized carbons (Fsp3) is 0.750. The molecule has 0 spiro atoms. The molecule has 0 unspecified atom stereocenters. The highest BCUT2D eigenvalue weighted by Crippen LogP contribution is 1.75. The molecular weight excluding hydrogens is 140 g/mol. The summed E-state index contributed by atoms with van der Waals surface area (Å²) in [7, 11) is 1.59. The van der Waals surface area contributed by atoms with E-state index in [0.717, 1.165) is 0 Å². The second kappa shape index (κ2) is 5.74. The Bertz CT molecular complexity index is 88.6. The summed E-state index contributed by atoms with van der Waals surface area (Å²) in [5, 5.41) is 0.187. The van der Waals surface area contributed by atoms with Crippen molar-refractivity contribution in [3.8, 4) is 0 Å². The number of nitrogens with one attached hydrogen (secondary N) is 1. The lowest BCUT2D eigenvalue weighted by Gasteiger charge is -2.03. The lowest BCUT2D eigenvalue weighted by molar-refractivity contribution is 0.140. The van der Waals surface area contributed by atoms with E-state index < -0.39 is 0 Å². The SMILES string of the molecule is COCCOC(=S)NN. The first-order valence-electron chi connectivity index (χ1n) is 2.43. The van der Waals surface area contributed by atoms with Crippen LogP contribution in [0.3, 0.4) is 0 Å². The van der Waals surface area contributed by atoms with Crippen molar-refractivity contribution in [2.45, 2.75) is 0 Å². The summed E-state index contributed by atoms with van der Waals surface area (Å²) in [6.07, 6.45) is 0. The number of hydrogen-bond acceptors (Lipinski definition) is 4. The highest BCUT2D eigenvalue weighted by molar-refractivity contribution is 7.80. The molecule has 0 aliphatic carbocycles. The summed E-state index contributed by atoms with van der Waals surface area (Å²) in [6, 6.07) is 0. The average molecular weight is 150 g/mol. The average Bonchev–Trinajstić information content (AvgIpc) is 1.89. The Labute approximate surface area is 59.3 Å². The van der Waals surface area contributed by atoms with Crippen LogP contribution in [0, 0.1) is 0 Å². The Hall–Kier alpha value is -0.390. The molecule has 0 radical (unpaired) electrons. The van der Waals surface area contributed by atoms with Crippen LogP contribution >= 0.6 is 12.2 Å². The van der Waals surface area contributed by atoms with Gasteiger partial charge >= 0.3 is 0 Å². The number of hydrazine groups is 1. The van der Waals surface area contributed by atoms with Crippen molar-refractivity contribution in [2.24, 2.45) is 5.84 Å². The fourth-order valence-electron chi connectivity index (χ4n) is 0.259. The summed E-state index contributed by atoms with van der Waals surface area (Å²) >= 11 is 4.55. The molecule has 9 heavy (non-hydrogen) atoms. The highest BCUT2D eigenvalue weighted by atomic mass is 32.1. The Kier molecular flexibility index (Phi) is 5.49. The minimum Gasteiger partial charge on any atom is -0.468 e. The number of methoxy groups -OCH3 is 1. The topological polar surface area (TPSA) is 56.5 Å². The van der Waals surface area contributed by atoms with Crippen molar-refractivity contribution >= 4 is 17.4 Å². The molecule has 0 fully saturated rings. The van der Waals surface area contributed by atoms with E-state index >= 15 is 0 Å². The van der Waals surface area contributed by atoms with E-state index in [-0.39, 0.29) is 5.17 Å². The predicted octanol–water partition coefficient (Wildman–Crippen LogP) is -0.602. The van der Waals surface area contributed by atoms with Crippen LogP contribution in [0.4, 0.5) is 0 Å². The van der Waals surface area contributed by atoms with E-state index in [1.807, 2.05) is 0 Å². The largest absolute Gasteiger partial charge is 0.468 e. The predicted molar refractivity (Wildman–Crippen MR) is 37.7 cm³/mol. The molecule has 5 heteroatoms. The number of hydrogen-bond donors (Lipinski definition) is 2. The van der Waals surface area contributed by atoms with Gasteiger partial charge in [0.1, 0.15) is 6.61 Å². The minimum atomic E-state index is 0.187. The normalized spacial score (nSPS) is 8.67. The molecule has 4 nitrogen and oxygen atoms in total. The van der Waals surface area contributed by atoms with Gasteiger partial charge in [-0.3, -0.25) is 5.43 Å². The molecule has 0 aromatic carbocycles. The maximum absolute atomic E-state index is 4.90. The maximum atomic E-state index is 4.90. The Morgan fingerprint density at radius 3 is 2.78 bits per heavy atom. The Balaban J connectivity index is 2.97. The van der Waals surface area contributed by atoms with Crippen LogP contribution in [0.5, 0.6) is 0 Å². The van der Waals surface area contributed by atoms with Gasteiger partial charge in [-0.1, -0.05) is 0 Å². The Morgan fingerprint density at radius 1 is 1.67 bits per heavy atom. The lowest BCUT2D eigenvalue weighted by Crippen LogP contribution is -2.31. The van der Waals surface area contributed by atoms with Crippen LogP contribution in [0.15, 0.2) is 0 Å². The van der Waals surface area contributed by atoms with Crippen molar-refractivity contribution < 1.29 is 9.47 Å². The van der Waals surface area contributed by atoms with Crippen LogP contribution in [0.25, 0.3) is 0 Å². The molecule has 0 aromatic heterocycles. The third kappa shape index (κ3) is 5.48. The van der Waals surface area contributed by atoms with Crippen molar-refractivity contribution in [2.75, 3.05) is 20.3 Å². The van der Waals surface area contributed by atoms with E-state index in [4.69, 9.17) is 10.6 Å². The van der Waals surface area contributed by atoms with Crippen LogP contribution < -0.4 is 11.3 Å². The molecule has 0 aromatic rings. The van der Waals surface area contributed by atoms with E-state index in [1.165, 1.54) is 0 Å². The number of rotatable bonds is 3. The maximum Gasteiger partial charge on any atom is 0.271 e. The van der Waals surface area contributed by atoms with Gasteiger partial charge in [0, 0.05) is 7.11 Å². The van der Waals surface area contributed by atoms with Crippen LogP contribution in [0.2, 0.25) is 0 Å². The molecule has 0 amide bonds. The minimum absolute atomic E-state index is 0.187. The molecule has 3 N–H and O–H groups in total. The standard InChI is InChI=1S/C4H10N2O2S/c1-7-2-3-8-4(9)6-5/h2-3,5H2,1H3,(H,6,9). The summed E-state index contributed by atoms with van der Waals surface area (Å²) < 4.78 is 9.49. The van der Waals surface area contributed by atoms with E-state index in [0.29, 0.717) is 13.2 Å². The van der Waals surface area contributed by atoms with Gasteiger partial charge in [0.25, 0.3) is 5.17 Å². The smallest absolute Gasteiger partial charge is 0.271 e. The first-order valence-corrected chi connectivity index (χ1v) is 2.84. The fourth-order valence-corrected chi connectivity index (χ4v) is 0.343. The van der Waals surface area contributed by atoms with E-state index in [1.54, 1.807) is 7.11 Å². The summed E-state index contributed by atoms with van der Waals surface area (Å²) in [4.78, 5) is 0. The molecular formula is C4H10N2O2S. The van der Waals surface area contributed by atoms with Gasteiger partial charge in [0.15, 0.2) is 0 Å². The number of thiocarbonyl (C=S) groups is 1. The summed E-state index contributed by atoms with van der Waals surface area (Å²) in [5.74, 6) is 4.90. The highest BCUT2D eigenvalue weighted by Gasteiger charge is 1.89. The van der Waals surface area contributed by atoms with Gasteiger partial charge in [-0.15, -0.1) is 0 Å². The number of nitrogens with two attached hydrogens (primary N) is 1. The van der Waals surface area contributed by atoms with Gasteiger partial charge in [-0.25, -0.2) is 5.84 Å². The van der Waals surface area contributed by atoms with Crippen molar-refractivity contribution in [3.05, 3.63) is 0 Å². The van der Waals surface area contributed by atoms with Crippen LogP contribution in [0.1, 0.15) is 0 Å². The Morgan fingerprint density at radius 2 is 2.33 bits per heavy atom. The summed E-state index contributed by atoms with van der Waals surface area (Å²) in [5.41, 5.74) is 2.18. The van der Waals surface area contributed by atoms with Gasteiger partial charge < -0.3 is 9.47 Å². The van der Waals surface area contributed by atoms with E-state index in [9.17, 15) is 0 Å². The molecule has 0 atom stereocenters. The molecule has 0 heterocycles. The molecule has 0 aliphatic rings. The van der Waals surface area contributed by atoms with Gasteiger partial charge in [0.2, 0.25) is 0 Å². The van der Waals surface area contributed by atoms with Crippen molar-refractivity contribution in [1.29, 1.82) is 0 Å². The molecule has 0 saturated heterocycles. The van der Waals surface area contributed by atoms with Gasteiger partial charge in [0.05, 0.1) is 6.61 Å². The van der Waals surface area contributed by atoms with Crippen LogP contribution in [-0.4, -0.2) is 25.5 Å². The number of ether oxygens (including phenoxy) is 2. The molecule has 0 rings (SSSR count). The molecule has 0 bridgehead atoms. The molecule has 54 valence electrons.